The molecule has 0 radical (unpaired) electrons. The molecule has 2 nitrogen and oxygen atoms in total. The van der Waals surface area contributed by atoms with Crippen molar-refractivity contribution in [2.75, 3.05) is 6.61 Å². The van der Waals surface area contributed by atoms with Gasteiger partial charge in [-0.25, -0.2) is 0 Å². The van der Waals surface area contributed by atoms with Crippen LogP contribution in [0.5, 0.6) is 0 Å². The maximum absolute atomic E-state index is 11.2. The molecule has 0 aliphatic heterocycles. The van der Waals surface area contributed by atoms with Crippen LogP contribution in [-0.4, -0.2) is 12.6 Å². The number of rotatable bonds is 7. The van der Waals surface area contributed by atoms with Crippen molar-refractivity contribution in [3.05, 3.63) is 59.7 Å². The number of carbonyl (C=O) groups is 1. The van der Waals surface area contributed by atoms with Gasteiger partial charge in [0.25, 0.3) is 0 Å². The van der Waals surface area contributed by atoms with Gasteiger partial charge in [-0.15, -0.1) is 0 Å². The third-order valence-corrected chi connectivity index (χ3v) is 12.1. The van der Waals surface area contributed by atoms with Gasteiger partial charge in [0, 0.05) is 12.8 Å². The quantitative estimate of drug-likeness (QED) is 0.266. The average Bonchev–Trinajstić information content (AvgIpc) is 3.27. The molecule has 0 amide bonds. The van der Waals surface area contributed by atoms with E-state index in [9.17, 15) is 4.79 Å². The van der Waals surface area contributed by atoms with E-state index in [2.05, 4.69) is 83.2 Å². The second-order valence-corrected chi connectivity index (χ2v) is 14.2. The summed E-state index contributed by atoms with van der Waals surface area (Å²) in [4.78, 5) is 11.2. The maximum Gasteiger partial charge on any atom is 0.302 e. The highest BCUT2D eigenvalue weighted by Gasteiger charge is 2.59. The molecule has 5 rings (SSSR count). The maximum atomic E-state index is 11.2. The first-order chi connectivity index (χ1) is 18.1. The zero-order valence-corrected chi connectivity index (χ0v) is 24.9. The minimum absolute atomic E-state index is 0.179. The van der Waals surface area contributed by atoms with E-state index in [1.165, 1.54) is 58.3 Å². The fourth-order valence-electron chi connectivity index (χ4n) is 9.65. The number of hydrogen-bond donors (Lipinski definition) is 0. The average molecular weight is 517 g/mol. The smallest absolute Gasteiger partial charge is 0.302 e. The molecular weight excluding hydrogens is 464 g/mol. The summed E-state index contributed by atoms with van der Waals surface area (Å²) in [5, 5.41) is 0. The van der Waals surface area contributed by atoms with Gasteiger partial charge < -0.3 is 4.74 Å². The van der Waals surface area contributed by atoms with Gasteiger partial charge in [-0.2, -0.15) is 0 Å². The molecule has 0 spiro atoms. The van der Waals surface area contributed by atoms with E-state index >= 15 is 0 Å². The van der Waals surface area contributed by atoms with Crippen LogP contribution in [0.3, 0.4) is 0 Å². The van der Waals surface area contributed by atoms with Crippen LogP contribution in [0.1, 0.15) is 104 Å². The highest BCUT2D eigenvalue weighted by molar-refractivity contribution is 5.65. The van der Waals surface area contributed by atoms with Crippen LogP contribution in [0, 0.1) is 52.3 Å². The van der Waals surface area contributed by atoms with Crippen molar-refractivity contribution in [1.82, 2.24) is 0 Å². The summed E-state index contributed by atoms with van der Waals surface area (Å²) in [5.74, 6) is 4.82. The molecule has 0 heterocycles. The van der Waals surface area contributed by atoms with Crippen molar-refractivity contribution in [3.63, 3.8) is 0 Å². The van der Waals surface area contributed by atoms with Gasteiger partial charge in [0.2, 0.25) is 0 Å². The Bertz CT molecular complexity index is 1040. The van der Waals surface area contributed by atoms with Crippen molar-refractivity contribution in [3.8, 4) is 0 Å². The highest BCUT2D eigenvalue weighted by Crippen LogP contribution is 2.68. The summed E-state index contributed by atoms with van der Waals surface area (Å²) in [5.41, 5.74) is 4.26. The molecule has 0 saturated heterocycles. The van der Waals surface area contributed by atoms with Crippen LogP contribution in [0.4, 0.5) is 0 Å². The lowest BCUT2D eigenvalue weighted by molar-refractivity contribution is -0.142. The second-order valence-electron chi connectivity index (χ2n) is 14.2. The zero-order chi connectivity index (χ0) is 27.1. The highest BCUT2D eigenvalue weighted by atomic mass is 16.5. The lowest BCUT2D eigenvalue weighted by Gasteiger charge is -2.59. The van der Waals surface area contributed by atoms with Crippen LogP contribution in [0.25, 0.3) is 0 Å². The first kappa shape index (κ1) is 27.7. The standard InChI is InChI=1S/C36H52O2/c1-24(26(3)23-38-27(4)37)15-16-25(2)31-17-18-33-30-22-29(28-12-8-7-9-13-28)32-14-10-11-20-35(32,5)34(30)19-21-36(31,33)6/h7-9,12-13,15-16,22,24-26,29,31-34H,10-11,14,17-21,23H2,1-6H3/t24-,25+,26?,29-,31+,32?,33-,34-,35-,36+/m0/s1. The predicted octanol–water partition coefficient (Wildman–Crippen LogP) is 9.38. The fourth-order valence-corrected chi connectivity index (χ4v) is 9.65. The summed E-state index contributed by atoms with van der Waals surface area (Å²) < 4.78 is 5.28. The molecule has 0 bridgehead atoms. The SMILES string of the molecule is CC(=O)OCC(C)[C@@H](C)C=C[C@@H](C)[C@H]1CC[C@H]2C3=C[C@@H](c4ccccc4)C4CCCC[C@]4(C)[C@H]3CC[C@]12C. The lowest BCUT2D eigenvalue weighted by atomic mass is 9.45. The van der Waals surface area contributed by atoms with Crippen molar-refractivity contribution in [1.29, 1.82) is 0 Å². The Hall–Kier alpha value is -1.83. The Kier molecular flexibility index (Phi) is 8.01. The molecular formula is C36H52O2. The van der Waals surface area contributed by atoms with Crippen LogP contribution in [0.2, 0.25) is 0 Å². The van der Waals surface area contributed by atoms with Crippen molar-refractivity contribution >= 4 is 5.97 Å². The van der Waals surface area contributed by atoms with Gasteiger partial charge in [0.15, 0.2) is 0 Å². The topological polar surface area (TPSA) is 26.3 Å². The van der Waals surface area contributed by atoms with Crippen molar-refractivity contribution < 1.29 is 9.53 Å². The van der Waals surface area contributed by atoms with Crippen LogP contribution >= 0.6 is 0 Å². The Morgan fingerprint density at radius 2 is 1.68 bits per heavy atom. The molecule has 38 heavy (non-hydrogen) atoms. The lowest BCUT2D eigenvalue weighted by Crippen LogP contribution is -2.50. The molecule has 0 N–H and O–H groups in total. The first-order valence-corrected chi connectivity index (χ1v) is 15.7. The number of carbonyl (C=O) groups excluding carboxylic acids is 1. The first-order valence-electron chi connectivity index (χ1n) is 15.7. The van der Waals surface area contributed by atoms with Crippen molar-refractivity contribution in [2.24, 2.45) is 52.3 Å². The van der Waals surface area contributed by atoms with Gasteiger partial charge in [0.05, 0.1) is 6.61 Å². The van der Waals surface area contributed by atoms with Gasteiger partial charge in [0.1, 0.15) is 0 Å². The van der Waals surface area contributed by atoms with Crippen LogP contribution in [0.15, 0.2) is 54.1 Å². The Balaban J connectivity index is 1.38. The monoisotopic (exact) mass is 516 g/mol. The molecule has 3 fully saturated rings. The normalized spacial score (nSPS) is 38.9. The van der Waals surface area contributed by atoms with E-state index in [1.54, 1.807) is 5.56 Å². The van der Waals surface area contributed by atoms with Crippen LogP contribution < -0.4 is 0 Å². The molecule has 4 aliphatic carbocycles. The minimum Gasteiger partial charge on any atom is -0.466 e. The number of hydrogen-bond acceptors (Lipinski definition) is 2. The van der Waals surface area contributed by atoms with E-state index < -0.39 is 0 Å². The van der Waals surface area contributed by atoms with Gasteiger partial charge in [-0.05, 0) is 96.3 Å². The van der Waals surface area contributed by atoms with E-state index in [1.807, 2.05) is 5.57 Å². The third kappa shape index (κ3) is 4.95. The Morgan fingerprint density at radius 3 is 2.42 bits per heavy atom. The number of benzene rings is 1. The number of esters is 1. The number of ether oxygens (including phenoxy) is 1. The molecule has 10 atom stereocenters. The molecule has 2 heteroatoms. The Morgan fingerprint density at radius 1 is 0.947 bits per heavy atom. The summed E-state index contributed by atoms with van der Waals surface area (Å²) in [6.45, 7) is 14.3. The summed E-state index contributed by atoms with van der Waals surface area (Å²) >= 11 is 0. The van der Waals surface area contributed by atoms with E-state index in [0.29, 0.717) is 41.1 Å². The molecule has 208 valence electrons. The molecule has 1 aromatic carbocycles. The summed E-state index contributed by atoms with van der Waals surface area (Å²) in [6.07, 6.45) is 18.8. The van der Waals surface area contributed by atoms with E-state index in [4.69, 9.17) is 4.74 Å². The molecule has 2 unspecified atom stereocenters. The van der Waals surface area contributed by atoms with Gasteiger partial charge in [-0.3, -0.25) is 4.79 Å². The number of fused-ring (bicyclic) bond motifs is 5. The summed E-state index contributed by atoms with van der Waals surface area (Å²) in [6, 6.07) is 11.5. The van der Waals surface area contributed by atoms with E-state index in [0.717, 1.165) is 23.7 Å². The molecule has 3 saturated carbocycles. The largest absolute Gasteiger partial charge is 0.466 e. The van der Waals surface area contributed by atoms with E-state index in [-0.39, 0.29) is 5.97 Å². The Labute approximate surface area is 232 Å². The minimum atomic E-state index is -0.179. The van der Waals surface area contributed by atoms with Crippen molar-refractivity contribution in [2.45, 2.75) is 98.8 Å². The summed E-state index contributed by atoms with van der Waals surface area (Å²) in [7, 11) is 0. The third-order valence-electron chi connectivity index (χ3n) is 12.1. The van der Waals surface area contributed by atoms with Crippen LogP contribution in [-0.2, 0) is 9.53 Å². The molecule has 4 aliphatic rings. The number of allylic oxidation sites excluding steroid dienone is 4. The second kappa shape index (κ2) is 11.0. The zero-order valence-electron chi connectivity index (χ0n) is 24.9. The van der Waals surface area contributed by atoms with Gasteiger partial charge in [-0.1, -0.05) is 102 Å². The van der Waals surface area contributed by atoms with Gasteiger partial charge >= 0.3 is 5.97 Å². The molecule has 1 aromatic rings. The molecule has 0 aromatic heterocycles. The fraction of sp³-hybridized carbons (Fsp3) is 0.694. The predicted molar refractivity (Wildman–Crippen MR) is 158 cm³/mol.